The number of carbonyl (C=O) groups excluding carboxylic acids is 1. The second-order valence-electron chi connectivity index (χ2n) is 4.30. The molecule has 0 aromatic rings. The third-order valence-corrected chi connectivity index (χ3v) is 3.23. The molecule has 0 heterocycles. The van der Waals surface area contributed by atoms with E-state index in [1.54, 1.807) is 6.92 Å². The van der Waals surface area contributed by atoms with Crippen molar-refractivity contribution in [2.24, 2.45) is 11.3 Å². The van der Waals surface area contributed by atoms with Crippen LogP contribution in [0.15, 0.2) is 0 Å². The number of hydrogen-bond acceptors (Lipinski definition) is 1. The molecular formula is C10H18O. The maximum absolute atomic E-state index is 11.2. The van der Waals surface area contributed by atoms with Crippen LogP contribution in [0.2, 0.25) is 0 Å². The Morgan fingerprint density at radius 2 is 1.82 bits per heavy atom. The monoisotopic (exact) mass is 154 g/mol. The molecule has 0 N–H and O–H groups in total. The number of ketones is 1. The summed E-state index contributed by atoms with van der Waals surface area (Å²) >= 11 is 0. The van der Waals surface area contributed by atoms with E-state index in [0.717, 1.165) is 18.8 Å². The van der Waals surface area contributed by atoms with Crippen LogP contribution in [-0.2, 0) is 4.79 Å². The highest BCUT2D eigenvalue weighted by Gasteiger charge is 2.33. The lowest BCUT2D eigenvalue weighted by Gasteiger charge is -2.33. The average Bonchev–Trinajstić information content (AvgIpc) is 1.95. The van der Waals surface area contributed by atoms with E-state index in [2.05, 4.69) is 13.8 Å². The van der Waals surface area contributed by atoms with Gasteiger partial charge in [-0.15, -0.1) is 0 Å². The SMILES string of the molecule is CC(=O)C1(C)CCC(C)CC1. The van der Waals surface area contributed by atoms with Crippen molar-refractivity contribution >= 4 is 5.78 Å². The molecule has 0 amide bonds. The normalized spacial score (nSPS) is 38.6. The summed E-state index contributed by atoms with van der Waals surface area (Å²) in [5.41, 5.74) is 0.0203. The lowest BCUT2D eigenvalue weighted by Crippen LogP contribution is -2.30. The zero-order chi connectivity index (χ0) is 8.48. The minimum Gasteiger partial charge on any atom is -0.299 e. The maximum atomic E-state index is 11.2. The lowest BCUT2D eigenvalue weighted by atomic mass is 9.70. The van der Waals surface area contributed by atoms with Crippen molar-refractivity contribution in [1.29, 1.82) is 0 Å². The van der Waals surface area contributed by atoms with Gasteiger partial charge in [0.25, 0.3) is 0 Å². The van der Waals surface area contributed by atoms with Gasteiger partial charge in [-0.05, 0) is 38.5 Å². The molecule has 0 unspecified atom stereocenters. The van der Waals surface area contributed by atoms with E-state index < -0.39 is 0 Å². The fourth-order valence-corrected chi connectivity index (χ4v) is 1.75. The van der Waals surface area contributed by atoms with E-state index in [4.69, 9.17) is 0 Å². The van der Waals surface area contributed by atoms with Crippen molar-refractivity contribution < 1.29 is 4.79 Å². The summed E-state index contributed by atoms with van der Waals surface area (Å²) < 4.78 is 0. The smallest absolute Gasteiger partial charge is 0.135 e. The van der Waals surface area contributed by atoms with Crippen molar-refractivity contribution in [3.8, 4) is 0 Å². The molecule has 0 spiro atoms. The van der Waals surface area contributed by atoms with Crippen molar-refractivity contribution in [1.82, 2.24) is 0 Å². The number of carbonyl (C=O) groups is 1. The van der Waals surface area contributed by atoms with Crippen LogP contribution >= 0.6 is 0 Å². The third-order valence-electron chi connectivity index (χ3n) is 3.23. The van der Waals surface area contributed by atoms with Gasteiger partial charge in [0, 0.05) is 5.41 Å². The molecule has 0 aromatic heterocycles. The molecule has 1 nitrogen and oxygen atoms in total. The highest BCUT2D eigenvalue weighted by molar-refractivity contribution is 5.81. The topological polar surface area (TPSA) is 17.1 Å². The molecule has 11 heavy (non-hydrogen) atoms. The van der Waals surface area contributed by atoms with Crippen LogP contribution in [0.5, 0.6) is 0 Å². The average molecular weight is 154 g/mol. The van der Waals surface area contributed by atoms with Crippen LogP contribution < -0.4 is 0 Å². The molecule has 1 aliphatic carbocycles. The highest BCUT2D eigenvalue weighted by Crippen LogP contribution is 2.38. The Balaban J connectivity index is 2.55. The molecule has 0 aromatic carbocycles. The maximum Gasteiger partial charge on any atom is 0.135 e. The van der Waals surface area contributed by atoms with Crippen LogP contribution in [0.25, 0.3) is 0 Å². The minimum atomic E-state index is 0.0203. The van der Waals surface area contributed by atoms with Gasteiger partial charge < -0.3 is 0 Å². The Kier molecular flexibility index (Phi) is 2.36. The third kappa shape index (κ3) is 1.82. The summed E-state index contributed by atoms with van der Waals surface area (Å²) in [5, 5.41) is 0. The molecule has 0 aliphatic heterocycles. The van der Waals surface area contributed by atoms with Gasteiger partial charge in [-0.2, -0.15) is 0 Å². The number of rotatable bonds is 1. The molecule has 0 bridgehead atoms. The van der Waals surface area contributed by atoms with Gasteiger partial charge in [-0.3, -0.25) is 4.79 Å². The molecule has 1 saturated carbocycles. The molecule has 0 saturated heterocycles. The first-order valence-corrected chi connectivity index (χ1v) is 4.56. The van der Waals surface area contributed by atoms with Crippen molar-refractivity contribution in [3.63, 3.8) is 0 Å². The van der Waals surface area contributed by atoms with E-state index >= 15 is 0 Å². The van der Waals surface area contributed by atoms with Gasteiger partial charge in [0.05, 0.1) is 0 Å². The Bertz CT molecular complexity index is 152. The van der Waals surface area contributed by atoms with Crippen LogP contribution in [0.3, 0.4) is 0 Å². The standard InChI is InChI=1S/C10H18O/c1-8-4-6-10(3,7-5-8)9(2)11/h8H,4-7H2,1-3H3. The van der Waals surface area contributed by atoms with E-state index in [1.807, 2.05) is 0 Å². The summed E-state index contributed by atoms with van der Waals surface area (Å²) in [6.45, 7) is 6.12. The van der Waals surface area contributed by atoms with Crippen LogP contribution in [0.4, 0.5) is 0 Å². The largest absolute Gasteiger partial charge is 0.299 e. The molecule has 0 radical (unpaired) electrons. The second-order valence-corrected chi connectivity index (χ2v) is 4.30. The summed E-state index contributed by atoms with van der Waals surface area (Å²) in [4.78, 5) is 11.2. The van der Waals surface area contributed by atoms with E-state index in [1.165, 1.54) is 12.8 Å². The molecule has 1 fully saturated rings. The van der Waals surface area contributed by atoms with Gasteiger partial charge in [-0.1, -0.05) is 13.8 Å². The zero-order valence-electron chi connectivity index (χ0n) is 7.81. The van der Waals surface area contributed by atoms with E-state index in [9.17, 15) is 4.79 Å². The second kappa shape index (κ2) is 2.96. The Morgan fingerprint density at radius 3 is 2.18 bits per heavy atom. The highest BCUT2D eigenvalue weighted by atomic mass is 16.1. The molecule has 1 heteroatoms. The molecule has 1 rings (SSSR count). The first kappa shape index (κ1) is 8.76. The zero-order valence-corrected chi connectivity index (χ0v) is 7.81. The van der Waals surface area contributed by atoms with Gasteiger partial charge in [-0.25, -0.2) is 0 Å². The van der Waals surface area contributed by atoms with Crippen LogP contribution in [0.1, 0.15) is 46.5 Å². The number of Topliss-reactive ketones (excluding diaryl/α,β-unsaturated/α-hetero) is 1. The first-order valence-electron chi connectivity index (χ1n) is 4.56. The van der Waals surface area contributed by atoms with Crippen molar-refractivity contribution in [3.05, 3.63) is 0 Å². The fraction of sp³-hybridized carbons (Fsp3) is 0.900. The summed E-state index contributed by atoms with van der Waals surface area (Å²) in [7, 11) is 0. The Labute approximate surface area is 69.2 Å². The lowest BCUT2D eigenvalue weighted by molar-refractivity contribution is -0.127. The van der Waals surface area contributed by atoms with Gasteiger partial charge >= 0.3 is 0 Å². The predicted molar refractivity (Wildman–Crippen MR) is 46.4 cm³/mol. The van der Waals surface area contributed by atoms with E-state index in [-0.39, 0.29) is 5.41 Å². The molecule has 64 valence electrons. The molecular weight excluding hydrogens is 136 g/mol. The van der Waals surface area contributed by atoms with Gasteiger partial charge in [0.15, 0.2) is 0 Å². The van der Waals surface area contributed by atoms with Crippen LogP contribution in [0, 0.1) is 11.3 Å². The van der Waals surface area contributed by atoms with Crippen molar-refractivity contribution in [2.45, 2.75) is 46.5 Å². The van der Waals surface area contributed by atoms with Gasteiger partial charge in [0.1, 0.15) is 5.78 Å². The fourth-order valence-electron chi connectivity index (χ4n) is 1.75. The Hall–Kier alpha value is -0.330. The van der Waals surface area contributed by atoms with Crippen molar-refractivity contribution in [2.75, 3.05) is 0 Å². The summed E-state index contributed by atoms with van der Waals surface area (Å²) in [6.07, 6.45) is 4.67. The number of hydrogen-bond donors (Lipinski definition) is 0. The van der Waals surface area contributed by atoms with Crippen LogP contribution in [-0.4, -0.2) is 5.78 Å². The Morgan fingerprint density at radius 1 is 1.36 bits per heavy atom. The van der Waals surface area contributed by atoms with Gasteiger partial charge in [0.2, 0.25) is 0 Å². The predicted octanol–water partition coefficient (Wildman–Crippen LogP) is 2.79. The summed E-state index contributed by atoms with van der Waals surface area (Å²) in [5.74, 6) is 1.21. The molecule has 0 atom stereocenters. The minimum absolute atomic E-state index is 0.0203. The first-order chi connectivity index (χ1) is 5.04. The molecule has 1 aliphatic rings. The quantitative estimate of drug-likeness (QED) is 0.567. The van der Waals surface area contributed by atoms with E-state index in [0.29, 0.717) is 5.78 Å². The summed E-state index contributed by atoms with van der Waals surface area (Å²) in [6, 6.07) is 0.